The van der Waals surface area contributed by atoms with Crippen LogP contribution in [0.5, 0.6) is 0 Å². The Bertz CT molecular complexity index is 299. The summed E-state index contributed by atoms with van der Waals surface area (Å²) in [7, 11) is 0. The Balaban J connectivity index is 3.04. The second-order valence-corrected chi connectivity index (χ2v) is 3.56. The molecule has 12 heavy (non-hydrogen) atoms. The molecule has 3 heteroatoms. The van der Waals surface area contributed by atoms with Crippen LogP contribution < -0.4 is 5.73 Å². The van der Waals surface area contributed by atoms with Gasteiger partial charge in [0.15, 0.2) is 0 Å². The SMILES string of the molecule is CC(C=O)c1ccc(Br)c(N)c1. The summed E-state index contributed by atoms with van der Waals surface area (Å²) in [5, 5.41) is 0. The molecule has 0 fully saturated rings. The number of rotatable bonds is 2. The molecule has 2 nitrogen and oxygen atoms in total. The normalized spacial score (nSPS) is 12.5. The molecule has 0 bridgehead atoms. The average molecular weight is 228 g/mol. The van der Waals surface area contributed by atoms with Gasteiger partial charge in [-0.05, 0) is 33.6 Å². The van der Waals surface area contributed by atoms with Crippen molar-refractivity contribution in [1.29, 1.82) is 0 Å². The quantitative estimate of drug-likeness (QED) is 0.623. The van der Waals surface area contributed by atoms with Crippen LogP contribution >= 0.6 is 15.9 Å². The highest BCUT2D eigenvalue weighted by Crippen LogP contribution is 2.23. The number of halogens is 1. The predicted molar refractivity (Wildman–Crippen MR) is 53.0 cm³/mol. The van der Waals surface area contributed by atoms with Crippen molar-refractivity contribution in [1.82, 2.24) is 0 Å². The number of nitrogens with two attached hydrogens (primary N) is 1. The highest BCUT2D eigenvalue weighted by molar-refractivity contribution is 9.10. The number of hydrogen-bond acceptors (Lipinski definition) is 2. The second kappa shape index (κ2) is 3.72. The first kappa shape index (κ1) is 9.26. The molecule has 1 rings (SSSR count). The van der Waals surface area contributed by atoms with Gasteiger partial charge < -0.3 is 10.5 Å². The molecule has 0 heterocycles. The minimum atomic E-state index is -0.0830. The van der Waals surface area contributed by atoms with E-state index in [1.165, 1.54) is 0 Å². The smallest absolute Gasteiger partial charge is 0.127 e. The Kier molecular flexibility index (Phi) is 2.87. The number of carbonyl (C=O) groups excluding carboxylic acids is 1. The number of carbonyl (C=O) groups is 1. The molecule has 0 radical (unpaired) electrons. The molecule has 0 amide bonds. The Morgan fingerprint density at radius 2 is 2.25 bits per heavy atom. The first-order valence-electron chi connectivity index (χ1n) is 3.65. The molecule has 0 aromatic heterocycles. The van der Waals surface area contributed by atoms with E-state index in [9.17, 15) is 4.79 Å². The molecule has 0 aliphatic carbocycles. The van der Waals surface area contributed by atoms with Crippen LogP contribution in [0.3, 0.4) is 0 Å². The van der Waals surface area contributed by atoms with E-state index in [4.69, 9.17) is 5.73 Å². The first-order chi connectivity index (χ1) is 5.65. The molecule has 1 aromatic rings. The first-order valence-corrected chi connectivity index (χ1v) is 4.44. The van der Waals surface area contributed by atoms with E-state index in [0.717, 1.165) is 16.3 Å². The number of hydrogen-bond donors (Lipinski definition) is 1. The monoisotopic (exact) mass is 227 g/mol. The van der Waals surface area contributed by atoms with Gasteiger partial charge in [0.25, 0.3) is 0 Å². The molecular weight excluding hydrogens is 218 g/mol. The predicted octanol–water partition coefficient (Wildman–Crippen LogP) is 2.33. The largest absolute Gasteiger partial charge is 0.398 e. The van der Waals surface area contributed by atoms with Gasteiger partial charge in [0.2, 0.25) is 0 Å². The third kappa shape index (κ3) is 1.85. The van der Waals surface area contributed by atoms with E-state index in [-0.39, 0.29) is 5.92 Å². The Labute approximate surface area is 79.9 Å². The Hall–Kier alpha value is -0.830. The maximum Gasteiger partial charge on any atom is 0.127 e. The lowest BCUT2D eigenvalue weighted by Crippen LogP contribution is -1.96. The van der Waals surface area contributed by atoms with Crippen molar-refractivity contribution in [3.8, 4) is 0 Å². The summed E-state index contributed by atoms with van der Waals surface area (Å²) in [6.45, 7) is 1.84. The molecule has 0 aliphatic heterocycles. The minimum Gasteiger partial charge on any atom is -0.398 e. The van der Waals surface area contributed by atoms with Crippen LogP contribution in [0.15, 0.2) is 22.7 Å². The fourth-order valence-corrected chi connectivity index (χ4v) is 1.17. The molecule has 2 N–H and O–H groups in total. The van der Waals surface area contributed by atoms with Gasteiger partial charge in [0, 0.05) is 16.1 Å². The van der Waals surface area contributed by atoms with Crippen molar-refractivity contribution in [2.45, 2.75) is 12.8 Å². The topological polar surface area (TPSA) is 43.1 Å². The fourth-order valence-electron chi connectivity index (χ4n) is 0.924. The number of nitrogen functional groups attached to an aromatic ring is 1. The van der Waals surface area contributed by atoms with Crippen molar-refractivity contribution >= 4 is 27.9 Å². The second-order valence-electron chi connectivity index (χ2n) is 2.71. The molecular formula is C9H10BrNO. The lowest BCUT2D eigenvalue weighted by atomic mass is 10.0. The molecule has 64 valence electrons. The summed E-state index contributed by atoms with van der Waals surface area (Å²) in [5.41, 5.74) is 7.27. The highest BCUT2D eigenvalue weighted by Gasteiger charge is 2.04. The summed E-state index contributed by atoms with van der Waals surface area (Å²) in [4.78, 5) is 10.4. The summed E-state index contributed by atoms with van der Waals surface area (Å²) < 4.78 is 0.865. The molecule has 1 unspecified atom stereocenters. The number of aldehydes is 1. The Morgan fingerprint density at radius 1 is 1.58 bits per heavy atom. The standard InChI is InChI=1S/C9H10BrNO/c1-6(5-12)7-2-3-8(10)9(11)4-7/h2-6H,11H2,1H3. The van der Waals surface area contributed by atoms with Gasteiger partial charge in [0.05, 0.1) is 0 Å². The summed E-state index contributed by atoms with van der Waals surface area (Å²) in [6, 6.07) is 5.55. The maximum atomic E-state index is 10.4. The van der Waals surface area contributed by atoms with Crippen LogP contribution in [0.4, 0.5) is 5.69 Å². The van der Waals surface area contributed by atoms with E-state index in [0.29, 0.717) is 5.69 Å². The third-order valence-electron chi connectivity index (χ3n) is 1.75. The third-order valence-corrected chi connectivity index (χ3v) is 2.47. The Morgan fingerprint density at radius 3 is 2.75 bits per heavy atom. The van der Waals surface area contributed by atoms with E-state index >= 15 is 0 Å². The van der Waals surface area contributed by atoms with E-state index in [1.807, 2.05) is 25.1 Å². The zero-order valence-corrected chi connectivity index (χ0v) is 8.34. The lowest BCUT2D eigenvalue weighted by Gasteiger charge is -2.05. The molecule has 0 saturated carbocycles. The lowest BCUT2D eigenvalue weighted by molar-refractivity contribution is -0.108. The minimum absolute atomic E-state index is 0.0830. The van der Waals surface area contributed by atoms with Crippen LogP contribution in [0.1, 0.15) is 18.4 Å². The van der Waals surface area contributed by atoms with Crippen LogP contribution in [0.25, 0.3) is 0 Å². The molecule has 1 atom stereocenters. The zero-order valence-electron chi connectivity index (χ0n) is 6.75. The summed E-state index contributed by atoms with van der Waals surface area (Å²) >= 11 is 3.29. The molecule has 1 aromatic carbocycles. The molecule has 0 saturated heterocycles. The van der Waals surface area contributed by atoms with Crippen LogP contribution in [-0.4, -0.2) is 6.29 Å². The van der Waals surface area contributed by atoms with Gasteiger partial charge in [0.1, 0.15) is 6.29 Å². The van der Waals surface area contributed by atoms with Crippen molar-refractivity contribution in [2.75, 3.05) is 5.73 Å². The summed E-state index contributed by atoms with van der Waals surface area (Å²) in [6.07, 6.45) is 0.905. The van der Waals surface area contributed by atoms with Crippen molar-refractivity contribution < 1.29 is 4.79 Å². The highest BCUT2D eigenvalue weighted by atomic mass is 79.9. The van der Waals surface area contributed by atoms with Crippen LogP contribution in [0, 0.1) is 0 Å². The number of benzene rings is 1. The van der Waals surface area contributed by atoms with Crippen LogP contribution in [0.2, 0.25) is 0 Å². The number of anilines is 1. The van der Waals surface area contributed by atoms with Crippen molar-refractivity contribution in [3.63, 3.8) is 0 Å². The fraction of sp³-hybridized carbons (Fsp3) is 0.222. The van der Waals surface area contributed by atoms with E-state index < -0.39 is 0 Å². The zero-order chi connectivity index (χ0) is 9.14. The average Bonchev–Trinajstić information content (AvgIpc) is 2.08. The van der Waals surface area contributed by atoms with Gasteiger partial charge in [-0.1, -0.05) is 13.0 Å². The van der Waals surface area contributed by atoms with E-state index in [2.05, 4.69) is 15.9 Å². The summed E-state index contributed by atoms with van der Waals surface area (Å²) in [5.74, 6) is -0.0830. The van der Waals surface area contributed by atoms with Gasteiger partial charge in [-0.3, -0.25) is 0 Å². The molecule has 0 aliphatic rings. The van der Waals surface area contributed by atoms with Crippen LogP contribution in [-0.2, 0) is 4.79 Å². The molecule has 0 spiro atoms. The van der Waals surface area contributed by atoms with Crippen molar-refractivity contribution in [3.05, 3.63) is 28.2 Å². The van der Waals surface area contributed by atoms with E-state index in [1.54, 1.807) is 0 Å². The van der Waals surface area contributed by atoms with Gasteiger partial charge in [-0.15, -0.1) is 0 Å². The van der Waals surface area contributed by atoms with Gasteiger partial charge >= 0.3 is 0 Å². The van der Waals surface area contributed by atoms with Gasteiger partial charge in [-0.2, -0.15) is 0 Å². The van der Waals surface area contributed by atoms with Gasteiger partial charge in [-0.25, -0.2) is 0 Å². The maximum absolute atomic E-state index is 10.4. The van der Waals surface area contributed by atoms with Crippen molar-refractivity contribution in [2.24, 2.45) is 0 Å².